The van der Waals surface area contributed by atoms with Crippen LogP contribution in [0.1, 0.15) is 49.4 Å². The van der Waals surface area contributed by atoms with E-state index < -0.39 is 0 Å². The van der Waals surface area contributed by atoms with Gasteiger partial charge in [-0.15, -0.1) is 0 Å². The largest absolute Gasteiger partial charge is 0.504 e. The van der Waals surface area contributed by atoms with Gasteiger partial charge in [-0.05, 0) is 48.8 Å². The maximum atomic E-state index is 9.64. The molecular weight excluding hydrogens is 312 g/mol. The maximum Gasteiger partial charge on any atom is 0.216 e. The van der Waals surface area contributed by atoms with Crippen LogP contribution in [0, 0.1) is 4.77 Å². The molecule has 3 rings (SSSR count). The van der Waals surface area contributed by atoms with Crippen molar-refractivity contribution in [1.82, 2.24) is 14.9 Å². The molecule has 1 aliphatic rings. The van der Waals surface area contributed by atoms with E-state index in [1.54, 1.807) is 29.1 Å². The molecule has 1 saturated carbocycles. The van der Waals surface area contributed by atoms with Crippen molar-refractivity contribution in [3.8, 4) is 11.5 Å². The maximum absolute atomic E-state index is 9.64. The van der Waals surface area contributed by atoms with Gasteiger partial charge in [-0.3, -0.25) is 5.10 Å². The predicted octanol–water partition coefficient (Wildman–Crippen LogP) is 3.58. The van der Waals surface area contributed by atoms with Crippen LogP contribution >= 0.6 is 12.2 Å². The standard InChI is InChI=1S/C16H20N4O2S/c1-22-14-9-11(7-8-13(14)21)10-17-20-15(18-19-16(20)23)12-5-3-2-4-6-12/h7-10,12,21H,2-6H2,1H3,(H,19,23)/b17-10-. The molecule has 2 N–H and O–H groups in total. The Morgan fingerprint density at radius 2 is 2.17 bits per heavy atom. The monoisotopic (exact) mass is 332 g/mol. The number of aromatic hydroxyl groups is 1. The van der Waals surface area contributed by atoms with Crippen LogP contribution in [0.15, 0.2) is 23.3 Å². The average molecular weight is 332 g/mol. The van der Waals surface area contributed by atoms with Crippen molar-refractivity contribution in [3.05, 3.63) is 34.4 Å². The van der Waals surface area contributed by atoms with E-state index in [9.17, 15) is 5.11 Å². The van der Waals surface area contributed by atoms with Gasteiger partial charge in [-0.2, -0.15) is 14.9 Å². The van der Waals surface area contributed by atoms with Gasteiger partial charge in [0.15, 0.2) is 17.3 Å². The Hall–Kier alpha value is -2.15. The van der Waals surface area contributed by atoms with E-state index in [1.807, 2.05) is 0 Å². The molecule has 0 unspecified atom stereocenters. The highest BCUT2D eigenvalue weighted by Crippen LogP contribution is 2.31. The van der Waals surface area contributed by atoms with E-state index in [0.29, 0.717) is 16.4 Å². The van der Waals surface area contributed by atoms with Crippen molar-refractivity contribution in [3.63, 3.8) is 0 Å². The van der Waals surface area contributed by atoms with Crippen LogP contribution in [0.3, 0.4) is 0 Å². The van der Waals surface area contributed by atoms with E-state index in [1.165, 1.54) is 26.4 Å². The van der Waals surface area contributed by atoms with Gasteiger partial charge in [0.25, 0.3) is 0 Å². The van der Waals surface area contributed by atoms with E-state index in [4.69, 9.17) is 17.0 Å². The lowest BCUT2D eigenvalue weighted by Gasteiger charge is -2.19. The van der Waals surface area contributed by atoms with Gasteiger partial charge in [-0.1, -0.05) is 19.3 Å². The van der Waals surface area contributed by atoms with Crippen LogP contribution in [-0.4, -0.2) is 33.3 Å². The molecule has 0 saturated heterocycles. The van der Waals surface area contributed by atoms with Crippen molar-refractivity contribution in [1.29, 1.82) is 0 Å². The fourth-order valence-electron chi connectivity index (χ4n) is 2.94. The first-order chi connectivity index (χ1) is 11.2. The SMILES string of the molecule is COc1cc(/C=N\n2c(C3CCCCC3)n[nH]c2=S)ccc1O. The number of nitrogens with one attached hydrogen (secondary N) is 1. The Morgan fingerprint density at radius 1 is 1.39 bits per heavy atom. The summed E-state index contributed by atoms with van der Waals surface area (Å²) in [5.74, 6) is 1.82. The summed E-state index contributed by atoms with van der Waals surface area (Å²) in [6.07, 6.45) is 7.69. The third-order valence-electron chi connectivity index (χ3n) is 4.17. The number of rotatable bonds is 4. The molecule has 0 radical (unpaired) electrons. The molecule has 0 bridgehead atoms. The number of ether oxygens (including phenoxy) is 1. The number of aromatic amines is 1. The van der Waals surface area contributed by atoms with Crippen LogP contribution in [0.2, 0.25) is 0 Å². The fraction of sp³-hybridized carbons (Fsp3) is 0.438. The molecule has 0 amide bonds. The van der Waals surface area contributed by atoms with Gasteiger partial charge in [0.2, 0.25) is 4.77 Å². The lowest BCUT2D eigenvalue weighted by atomic mass is 9.89. The van der Waals surface area contributed by atoms with Crippen molar-refractivity contribution in [2.24, 2.45) is 5.10 Å². The van der Waals surface area contributed by atoms with Gasteiger partial charge >= 0.3 is 0 Å². The van der Waals surface area contributed by atoms with Crippen molar-refractivity contribution >= 4 is 18.4 Å². The lowest BCUT2D eigenvalue weighted by Crippen LogP contribution is -2.10. The van der Waals surface area contributed by atoms with Crippen LogP contribution in [0.4, 0.5) is 0 Å². The zero-order chi connectivity index (χ0) is 16.2. The average Bonchev–Trinajstić information content (AvgIpc) is 2.95. The molecule has 7 heteroatoms. The summed E-state index contributed by atoms with van der Waals surface area (Å²) in [7, 11) is 1.52. The second-order valence-electron chi connectivity index (χ2n) is 5.71. The molecule has 2 aromatic rings. The number of H-pyrrole nitrogens is 1. The number of hydrogen-bond donors (Lipinski definition) is 2. The molecule has 122 valence electrons. The minimum atomic E-state index is 0.104. The molecule has 1 aliphatic carbocycles. The molecule has 0 spiro atoms. The zero-order valence-corrected chi connectivity index (χ0v) is 13.8. The normalized spacial score (nSPS) is 16.0. The number of hydrogen-bond acceptors (Lipinski definition) is 5. The summed E-state index contributed by atoms with van der Waals surface area (Å²) in [5.41, 5.74) is 0.817. The second-order valence-corrected chi connectivity index (χ2v) is 6.10. The van der Waals surface area contributed by atoms with Gasteiger partial charge in [0.05, 0.1) is 13.3 Å². The van der Waals surface area contributed by atoms with Crippen molar-refractivity contribution in [2.75, 3.05) is 7.11 Å². The summed E-state index contributed by atoms with van der Waals surface area (Å²) in [6.45, 7) is 0. The number of methoxy groups -OCH3 is 1. The van der Waals surface area contributed by atoms with Crippen molar-refractivity contribution in [2.45, 2.75) is 38.0 Å². The highest BCUT2D eigenvalue weighted by atomic mass is 32.1. The first kappa shape index (κ1) is 15.7. The number of benzene rings is 1. The summed E-state index contributed by atoms with van der Waals surface area (Å²) in [4.78, 5) is 0. The van der Waals surface area contributed by atoms with Crippen LogP contribution < -0.4 is 4.74 Å². The third kappa shape index (κ3) is 3.44. The molecular formula is C16H20N4O2S. The van der Waals surface area contributed by atoms with E-state index in [-0.39, 0.29) is 5.75 Å². The molecule has 0 aliphatic heterocycles. The first-order valence-electron chi connectivity index (χ1n) is 7.77. The summed E-state index contributed by atoms with van der Waals surface area (Å²) in [5, 5.41) is 21.3. The number of nitrogens with zero attached hydrogens (tertiary/aromatic N) is 3. The number of phenolic OH excluding ortho intramolecular Hbond substituents is 1. The predicted molar refractivity (Wildman–Crippen MR) is 90.9 cm³/mol. The highest BCUT2D eigenvalue weighted by Gasteiger charge is 2.21. The number of aromatic nitrogens is 3. The molecule has 6 nitrogen and oxygen atoms in total. The summed E-state index contributed by atoms with van der Waals surface area (Å²) < 4.78 is 7.30. The molecule has 1 aromatic carbocycles. The Kier molecular flexibility index (Phi) is 4.76. The quantitative estimate of drug-likeness (QED) is 0.663. The Morgan fingerprint density at radius 3 is 2.91 bits per heavy atom. The summed E-state index contributed by atoms with van der Waals surface area (Å²) in [6, 6.07) is 5.07. The van der Waals surface area contributed by atoms with E-state index in [2.05, 4.69) is 15.3 Å². The Labute approximate surface area is 139 Å². The third-order valence-corrected chi connectivity index (χ3v) is 4.44. The van der Waals surface area contributed by atoms with E-state index >= 15 is 0 Å². The van der Waals surface area contributed by atoms with Crippen LogP contribution in [0.5, 0.6) is 11.5 Å². The van der Waals surface area contributed by atoms with Gasteiger partial charge < -0.3 is 9.84 Å². The van der Waals surface area contributed by atoms with Gasteiger partial charge in [-0.25, -0.2) is 0 Å². The Balaban J connectivity index is 1.87. The molecule has 1 heterocycles. The van der Waals surface area contributed by atoms with Crippen molar-refractivity contribution < 1.29 is 9.84 Å². The molecule has 1 fully saturated rings. The van der Waals surface area contributed by atoms with Gasteiger partial charge in [0, 0.05) is 5.92 Å². The number of phenols is 1. The minimum absolute atomic E-state index is 0.104. The topological polar surface area (TPSA) is 75.4 Å². The van der Waals surface area contributed by atoms with E-state index in [0.717, 1.165) is 24.2 Å². The first-order valence-corrected chi connectivity index (χ1v) is 8.18. The lowest BCUT2D eigenvalue weighted by molar-refractivity contribution is 0.373. The minimum Gasteiger partial charge on any atom is -0.504 e. The summed E-state index contributed by atoms with van der Waals surface area (Å²) >= 11 is 5.29. The fourth-order valence-corrected chi connectivity index (χ4v) is 3.13. The zero-order valence-electron chi connectivity index (χ0n) is 13.0. The van der Waals surface area contributed by atoms with Gasteiger partial charge in [0.1, 0.15) is 0 Å². The molecule has 23 heavy (non-hydrogen) atoms. The molecule has 0 atom stereocenters. The van der Waals surface area contributed by atoms with Crippen LogP contribution in [-0.2, 0) is 0 Å². The second kappa shape index (κ2) is 6.95. The molecule has 1 aromatic heterocycles. The smallest absolute Gasteiger partial charge is 0.216 e. The highest BCUT2D eigenvalue weighted by molar-refractivity contribution is 7.71. The Bertz CT molecular complexity index is 760. The van der Waals surface area contributed by atoms with Crippen LogP contribution in [0.25, 0.3) is 0 Å².